The molecule has 3 heterocycles. The molecule has 0 spiro atoms. The lowest BCUT2D eigenvalue weighted by molar-refractivity contribution is -0.122. The number of halogens is 1. The minimum Gasteiger partial charge on any atom is -0.369 e. The standard InChI is InChI=1S/C20H23ClN6O3/c1-24-15-17(23-19(24)26-8-6-13(7-9-26)16(22)28)25(2)20(30)27(18(15)29)11-12-4-3-5-14(21)10-12/h3-5,10,13H,6-9,11H2,1-2H3,(H2,22,28). The van der Waals surface area contributed by atoms with Crippen molar-refractivity contribution in [3.8, 4) is 0 Å². The Hall–Kier alpha value is -3.07. The maximum absolute atomic E-state index is 13.2. The van der Waals surface area contributed by atoms with Gasteiger partial charge in [-0.05, 0) is 30.5 Å². The van der Waals surface area contributed by atoms with Gasteiger partial charge in [-0.25, -0.2) is 4.79 Å². The summed E-state index contributed by atoms with van der Waals surface area (Å²) >= 11 is 6.04. The number of carbonyl (C=O) groups is 1. The summed E-state index contributed by atoms with van der Waals surface area (Å²) in [6.45, 7) is 1.33. The molecule has 1 aliphatic rings. The zero-order valence-electron chi connectivity index (χ0n) is 16.8. The molecule has 0 aliphatic carbocycles. The van der Waals surface area contributed by atoms with Gasteiger partial charge in [0.1, 0.15) is 0 Å². The molecule has 2 aromatic heterocycles. The molecule has 30 heavy (non-hydrogen) atoms. The Balaban J connectivity index is 1.77. The highest BCUT2D eigenvalue weighted by Gasteiger charge is 2.27. The first-order chi connectivity index (χ1) is 14.3. The maximum atomic E-state index is 13.2. The van der Waals surface area contributed by atoms with E-state index in [0.717, 1.165) is 5.56 Å². The van der Waals surface area contributed by atoms with Gasteiger partial charge in [0.25, 0.3) is 5.56 Å². The fourth-order valence-electron chi connectivity index (χ4n) is 4.04. The van der Waals surface area contributed by atoms with Crippen LogP contribution in [0.1, 0.15) is 18.4 Å². The predicted molar refractivity (Wildman–Crippen MR) is 115 cm³/mol. The third kappa shape index (κ3) is 3.39. The first-order valence-electron chi connectivity index (χ1n) is 9.73. The molecule has 3 aromatic rings. The van der Waals surface area contributed by atoms with Crippen molar-refractivity contribution in [2.75, 3.05) is 18.0 Å². The SMILES string of the molecule is Cn1c(N2CCC(C(N)=O)CC2)nc2c1c(=O)n(Cc1cccc(Cl)c1)c(=O)n2C. The molecule has 2 N–H and O–H groups in total. The summed E-state index contributed by atoms with van der Waals surface area (Å²) in [5, 5.41) is 0.542. The summed E-state index contributed by atoms with van der Waals surface area (Å²) in [7, 11) is 3.37. The Morgan fingerprint density at radius 2 is 1.90 bits per heavy atom. The van der Waals surface area contributed by atoms with Crippen LogP contribution >= 0.6 is 11.6 Å². The van der Waals surface area contributed by atoms with Crippen LogP contribution in [0.2, 0.25) is 5.02 Å². The van der Waals surface area contributed by atoms with Crippen molar-refractivity contribution in [1.29, 1.82) is 0 Å². The lowest BCUT2D eigenvalue weighted by Gasteiger charge is -2.31. The quantitative estimate of drug-likeness (QED) is 0.659. The fourth-order valence-corrected chi connectivity index (χ4v) is 4.25. The molecule has 1 amide bonds. The number of carbonyl (C=O) groups excluding carboxylic acids is 1. The molecular weight excluding hydrogens is 408 g/mol. The average Bonchev–Trinajstić information content (AvgIpc) is 3.07. The van der Waals surface area contributed by atoms with E-state index in [2.05, 4.69) is 4.98 Å². The summed E-state index contributed by atoms with van der Waals surface area (Å²) in [5.74, 6) is 0.168. The van der Waals surface area contributed by atoms with Crippen LogP contribution in [-0.4, -0.2) is 37.7 Å². The number of primary amides is 1. The number of anilines is 1. The Morgan fingerprint density at radius 3 is 2.53 bits per heavy atom. The number of benzene rings is 1. The number of fused-ring (bicyclic) bond motifs is 1. The molecular formula is C20H23ClN6O3. The summed E-state index contributed by atoms with van der Waals surface area (Å²) in [6, 6.07) is 7.07. The van der Waals surface area contributed by atoms with E-state index in [1.54, 1.807) is 36.9 Å². The van der Waals surface area contributed by atoms with Gasteiger partial charge in [0.2, 0.25) is 11.9 Å². The van der Waals surface area contributed by atoms with Crippen LogP contribution in [0.3, 0.4) is 0 Å². The highest BCUT2D eigenvalue weighted by Crippen LogP contribution is 2.24. The van der Waals surface area contributed by atoms with Crippen LogP contribution in [-0.2, 0) is 25.4 Å². The number of nitrogens with two attached hydrogens (primary N) is 1. The first-order valence-corrected chi connectivity index (χ1v) is 10.1. The number of hydrogen-bond donors (Lipinski definition) is 1. The van der Waals surface area contributed by atoms with Crippen molar-refractivity contribution in [2.45, 2.75) is 19.4 Å². The Labute approximate surface area is 177 Å². The monoisotopic (exact) mass is 430 g/mol. The molecule has 1 aliphatic heterocycles. The van der Waals surface area contributed by atoms with Gasteiger partial charge in [-0.15, -0.1) is 0 Å². The van der Waals surface area contributed by atoms with Crippen LogP contribution in [0, 0.1) is 5.92 Å². The second-order valence-electron chi connectivity index (χ2n) is 7.67. The third-order valence-corrected chi connectivity index (χ3v) is 5.98. The fraction of sp³-hybridized carbons (Fsp3) is 0.400. The van der Waals surface area contributed by atoms with Crippen molar-refractivity contribution in [3.63, 3.8) is 0 Å². The molecule has 1 saturated heterocycles. The van der Waals surface area contributed by atoms with Crippen molar-refractivity contribution >= 4 is 34.6 Å². The number of amides is 1. The summed E-state index contributed by atoms with van der Waals surface area (Å²) < 4.78 is 4.30. The summed E-state index contributed by atoms with van der Waals surface area (Å²) in [5.41, 5.74) is 6.03. The lowest BCUT2D eigenvalue weighted by Crippen LogP contribution is -2.40. The van der Waals surface area contributed by atoms with Crippen LogP contribution in [0.15, 0.2) is 33.9 Å². The average molecular weight is 431 g/mol. The third-order valence-electron chi connectivity index (χ3n) is 5.75. The molecule has 4 rings (SSSR count). The molecule has 0 bridgehead atoms. The van der Waals surface area contributed by atoms with Crippen LogP contribution < -0.4 is 21.9 Å². The zero-order chi connectivity index (χ0) is 21.6. The second kappa shape index (κ2) is 7.64. The van der Waals surface area contributed by atoms with Crippen LogP contribution in [0.4, 0.5) is 5.95 Å². The number of rotatable bonds is 4. The molecule has 158 valence electrons. The van der Waals surface area contributed by atoms with Crippen LogP contribution in [0.25, 0.3) is 11.2 Å². The first kappa shape index (κ1) is 20.2. The molecule has 0 radical (unpaired) electrons. The molecule has 1 aromatic carbocycles. The number of nitrogens with zero attached hydrogens (tertiary/aromatic N) is 5. The van der Waals surface area contributed by atoms with Gasteiger partial charge in [-0.1, -0.05) is 23.7 Å². The van der Waals surface area contributed by atoms with Crippen molar-refractivity contribution in [1.82, 2.24) is 18.7 Å². The maximum Gasteiger partial charge on any atom is 0.332 e. The number of aryl methyl sites for hydroxylation is 2. The molecule has 0 saturated carbocycles. The van der Waals surface area contributed by atoms with Gasteiger partial charge >= 0.3 is 5.69 Å². The molecule has 9 nitrogen and oxygen atoms in total. The van der Waals surface area contributed by atoms with Gasteiger partial charge in [0.05, 0.1) is 6.54 Å². The molecule has 0 atom stereocenters. The largest absolute Gasteiger partial charge is 0.369 e. The van der Waals surface area contributed by atoms with Gasteiger partial charge in [-0.3, -0.25) is 18.7 Å². The normalized spacial score (nSPS) is 15.1. The van der Waals surface area contributed by atoms with E-state index in [1.807, 2.05) is 11.0 Å². The highest BCUT2D eigenvalue weighted by molar-refractivity contribution is 6.30. The van der Waals surface area contributed by atoms with Crippen molar-refractivity contribution < 1.29 is 4.79 Å². The Kier molecular flexibility index (Phi) is 5.15. The van der Waals surface area contributed by atoms with E-state index in [-0.39, 0.29) is 18.4 Å². The summed E-state index contributed by atoms with van der Waals surface area (Å²) in [6.07, 6.45) is 1.27. The Morgan fingerprint density at radius 1 is 1.20 bits per heavy atom. The van der Waals surface area contributed by atoms with E-state index in [4.69, 9.17) is 17.3 Å². The summed E-state index contributed by atoms with van der Waals surface area (Å²) in [4.78, 5) is 44.2. The van der Waals surface area contributed by atoms with Gasteiger partial charge in [-0.2, -0.15) is 4.98 Å². The van der Waals surface area contributed by atoms with Gasteiger partial charge in [0, 0.05) is 38.1 Å². The number of piperidine rings is 1. The number of aromatic nitrogens is 4. The highest BCUT2D eigenvalue weighted by atomic mass is 35.5. The van der Waals surface area contributed by atoms with Crippen LogP contribution in [0.5, 0.6) is 0 Å². The van der Waals surface area contributed by atoms with Crippen molar-refractivity contribution in [3.05, 3.63) is 55.7 Å². The molecule has 0 unspecified atom stereocenters. The predicted octanol–water partition coefficient (Wildman–Crippen LogP) is 0.837. The second-order valence-corrected chi connectivity index (χ2v) is 8.11. The molecule has 1 fully saturated rings. The van der Waals surface area contributed by atoms with E-state index in [0.29, 0.717) is 48.1 Å². The molecule has 10 heteroatoms. The topological polar surface area (TPSA) is 108 Å². The van der Waals surface area contributed by atoms with Gasteiger partial charge < -0.3 is 15.2 Å². The van der Waals surface area contributed by atoms with Crippen molar-refractivity contribution in [2.24, 2.45) is 25.7 Å². The minimum absolute atomic E-state index is 0.118. The van der Waals surface area contributed by atoms with E-state index in [9.17, 15) is 14.4 Å². The number of hydrogen-bond acceptors (Lipinski definition) is 5. The van der Waals surface area contributed by atoms with E-state index in [1.165, 1.54) is 9.13 Å². The van der Waals surface area contributed by atoms with E-state index >= 15 is 0 Å². The lowest BCUT2D eigenvalue weighted by atomic mass is 9.96. The minimum atomic E-state index is -0.440. The smallest absolute Gasteiger partial charge is 0.332 e. The van der Waals surface area contributed by atoms with E-state index < -0.39 is 11.2 Å². The number of imidazole rings is 1. The zero-order valence-corrected chi connectivity index (χ0v) is 17.6. The van der Waals surface area contributed by atoms with Gasteiger partial charge in [0.15, 0.2) is 11.2 Å². The Bertz CT molecular complexity index is 1250.